The summed E-state index contributed by atoms with van der Waals surface area (Å²) in [5, 5.41) is 14.6. The first-order valence-electron chi connectivity index (χ1n) is 7.41. The molecule has 0 radical (unpaired) electrons. The van der Waals surface area contributed by atoms with Gasteiger partial charge in [0.2, 0.25) is 5.88 Å². The van der Waals surface area contributed by atoms with Gasteiger partial charge in [-0.3, -0.25) is 0 Å². The molecule has 0 aliphatic rings. The van der Waals surface area contributed by atoms with Crippen LogP contribution in [0.2, 0.25) is 0 Å². The molecule has 5 nitrogen and oxygen atoms in total. The van der Waals surface area contributed by atoms with E-state index in [2.05, 4.69) is 16.2 Å². The topological polar surface area (TPSA) is 63.7 Å². The molecule has 5 heteroatoms. The Morgan fingerprint density at radius 2 is 1.79 bits per heavy atom. The molecule has 0 aliphatic carbocycles. The van der Waals surface area contributed by atoms with Gasteiger partial charge in [0.25, 0.3) is 0 Å². The minimum absolute atomic E-state index is 0.303. The highest BCUT2D eigenvalue weighted by molar-refractivity contribution is 5.80. The van der Waals surface area contributed by atoms with Gasteiger partial charge in [-0.1, -0.05) is 18.2 Å². The summed E-state index contributed by atoms with van der Waals surface area (Å²) in [5.74, 6) is 0.919. The fourth-order valence-electron chi connectivity index (χ4n) is 2.50. The summed E-state index contributed by atoms with van der Waals surface area (Å²) in [7, 11) is 0. The maximum Gasteiger partial charge on any atom is 0.237 e. The van der Waals surface area contributed by atoms with Gasteiger partial charge in [0.1, 0.15) is 17.4 Å². The highest BCUT2D eigenvalue weighted by atomic mass is 16.5. The minimum Gasteiger partial charge on any atom is -0.438 e. The maximum atomic E-state index is 9.08. The fourth-order valence-corrected chi connectivity index (χ4v) is 2.50. The Bertz CT molecular complexity index is 1040. The second-order valence-corrected chi connectivity index (χ2v) is 5.18. The van der Waals surface area contributed by atoms with E-state index < -0.39 is 0 Å². The number of aromatic nitrogens is 3. The zero-order valence-electron chi connectivity index (χ0n) is 12.6. The van der Waals surface area contributed by atoms with Crippen LogP contribution < -0.4 is 4.74 Å². The van der Waals surface area contributed by atoms with E-state index in [1.54, 1.807) is 18.3 Å². The van der Waals surface area contributed by atoms with Crippen LogP contribution in [0.4, 0.5) is 0 Å². The van der Waals surface area contributed by atoms with Gasteiger partial charge in [-0.15, -0.1) is 0 Å². The lowest BCUT2D eigenvalue weighted by Crippen LogP contribution is -1.96. The highest BCUT2D eigenvalue weighted by Crippen LogP contribution is 2.24. The summed E-state index contributed by atoms with van der Waals surface area (Å²) in [4.78, 5) is 4.10. The van der Waals surface area contributed by atoms with Gasteiger partial charge in [-0.05, 0) is 42.5 Å². The van der Waals surface area contributed by atoms with Gasteiger partial charge >= 0.3 is 0 Å². The summed E-state index contributed by atoms with van der Waals surface area (Å²) in [6.45, 7) is 0. The van der Waals surface area contributed by atoms with E-state index in [1.807, 2.05) is 59.4 Å². The van der Waals surface area contributed by atoms with Gasteiger partial charge < -0.3 is 4.74 Å². The third-order valence-corrected chi connectivity index (χ3v) is 3.66. The van der Waals surface area contributed by atoms with Crippen molar-refractivity contribution in [2.24, 2.45) is 0 Å². The van der Waals surface area contributed by atoms with Crippen LogP contribution >= 0.6 is 0 Å². The van der Waals surface area contributed by atoms with Crippen LogP contribution in [0.25, 0.3) is 16.6 Å². The van der Waals surface area contributed by atoms with Crippen LogP contribution in [0.15, 0.2) is 73.1 Å². The van der Waals surface area contributed by atoms with Gasteiger partial charge in [0.05, 0.1) is 17.4 Å². The lowest BCUT2D eigenvalue weighted by molar-refractivity contribution is 0.461. The molecule has 0 amide bonds. The number of hydrogen-bond donors (Lipinski definition) is 0. The predicted octanol–water partition coefficient (Wildman–Crippen LogP) is 4.08. The maximum absolute atomic E-state index is 9.08. The summed E-state index contributed by atoms with van der Waals surface area (Å²) < 4.78 is 7.57. The Labute approximate surface area is 138 Å². The van der Waals surface area contributed by atoms with E-state index >= 15 is 0 Å². The summed E-state index contributed by atoms with van der Waals surface area (Å²) in [5.41, 5.74) is 2.38. The lowest BCUT2D eigenvalue weighted by Gasteiger charge is -2.08. The van der Waals surface area contributed by atoms with Crippen LogP contribution in [0.1, 0.15) is 5.56 Å². The minimum atomic E-state index is 0.303. The molecule has 0 bridgehead atoms. The molecular weight excluding hydrogens is 300 g/mol. The average Bonchev–Trinajstić information content (AvgIpc) is 3.07. The van der Waals surface area contributed by atoms with Crippen molar-refractivity contribution in [3.05, 3.63) is 78.6 Å². The number of fused-ring (bicyclic) bond motifs is 1. The smallest absolute Gasteiger partial charge is 0.237 e. The number of rotatable bonds is 3. The number of para-hydroxylation sites is 1. The monoisotopic (exact) mass is 312 g/mol. The number of benzene rings is 2. The Balaban J connectivity index is 1.65. The van der Waals surface area contributed by atoms with Crippen molar-refractivity contribution in [1.29, 1.82) is 5.26 Å². The van der Waals surface area contributed by atoms with Crippen molar-refractivity contribution < 1.29 is 4.74 Å². The first-order chi connectivity index (χ1) is 11.8. The third kappa shape index (κ3) is 2.46. The molecule has 114 valence electrons. The molecule has 0 saturated heterocycles. The molecule has 2 heterocycles. The van der Waals surface area contributed by atoms with Crippen LogP contribution in [-0.4, -0.2) is 14.8 Å². The van der Waals surface area contributed by atoms with Crippen molar-refractivity contribution in [3.63, 3.8) is 0 Å². The third-order valence-electron chi connectivity index (χ3n) is 3.66. The van der Waals surface area contributed by atoms with Gasteiger partial charge in [-0.2, -0.15) is 10.4 Å². The Kier molecular flexibility index (Phi) is 3.41. The number of nitriles is 1. The Hall–Kier alpha value is -3.65. The van der Waals surface area contributed by atoms with E-state index in [9.17, 15) is 0 Å². The first-order valence-corrected chi connectivity index (χ1v) is 7.41. The molecule has 2 aromatic carbocycles. The van der Waals surface area contributed by atoms with Crippen molar-refractivity contribution in [1.82, 2.24) is 14.8 Å². The molecule has 0 aliphatic heterocycles. The van der Waals surface area contributed by atoms with E-state index in [0.717, 1.165) is 16.6 Å². The predicted molar refractivity (Wildman–Crippen MR) is 90.1 cm³/mol. The normalized spacial score (nSPS) is 10.5. The SMILES string of the molecule is N#Cc1cccnc1Oc1ccc(-n2ncc3ccccc32)cc1. The molecule has 24 heavy (non-hydrogen) atoms. The molecule has 2 aromatic heterocycles. The standard InChI is InChI=1S/C19H12N4O/c20-12-14-5-3-11-21-19(14)24-17-9-7-16(8-10-17)23-18-6-2-1-4-15(18)13-22-23/h1-11,13H. The van der Waals surface area contributed by atoms with Crippen molar-refractivity contribution in [2.45, 2.75) is 0 Å². The van der Waals surface area contributed by atoms with E-state index in [-0.39, 0.29) is 0 Å². The van der Waals surface area contributed by atoms with E-state index in [4.69, 9.17) is 10.00 Å². The molecule has 0 unspecified atom stereocenters. The molecular formula is C19H12N4O. The van der Waals surface area contributed by atoms with Crippen LogP contribution in [0, 0.1) is 11.3 Å². The number of hydrogen-bond acceptors (Lipinski definition) is 4. The number of ether oxygens (including phenoxy) is 1. The second kappa shape index (κ2) is 5.86. The molecule has 0 fully saturated rings. The van der Waals surface area contributed by atoms with Gasteiger partial charge in [-0.25, -0.2) is 9.67 Å². The van der Waals surface area contributed by atoms with Gasteiger partial charge in [0, 0.05) is 11.6 Å². The lowest BCUT2D eigenvalue weighted by atomic mass is 10.2. The zero-order valence-corrected chi connectivity index (χ0v) is 12.6. The Morgan fingerprint density at radius 1 is 0.958 bits per heavy atom. The summed E-state index contributed by atoms with van der Waals surface area (Å²) in [6, 6.07) is 21.0. The second-order valence-electron chi connectivity index (χ2n) is 5.18. The van der Waals surface area contributed by atoms with Crippen LogP contribution in [0.3, 0.4) is 0 Å². The molecule has 0 spiro atoms. The highest BCUT2D eigenvalue weighted by Gasteiger charge is 2.07. The molecule has 0 atom stereocenters. The fraction of sp³-hybridized carbons (Fsp3) is 0. The van der Waals surface area contributed by atoms with Gasteiger partial charge in [0.15, 0.2) is 0 Å². The van der Waals surface area contributed by atoms with Crippen molar-refractivity contribution in [2.75, 3.05) is 0 Å². The number of nitrogens with zero attached hydrogens (tertiary/aromatic N) is 4. The van der Waals surface area contributed by atoms with E-state index in [0.29, 0.717) is 17.2 Å². The molecule has 4 rings (SSSR count). The molecule has 0 N–H and O–H groups in total. The summed E-state index contributed by atoms with van der Waals surface area (Å²) in [6.07, 6.45) is 3.44. The van der Waals surface area contributed by atoms with Crippen LogP contribution in [-0.2, 0) is 0 Å². The molecule has 4 aromatic rings. The van der Waals surface area contributed by atoms with Crippen molar-refractivity contribution >= 4 is 10.9 Å². The number of pyridine rings is 1. The largest absolute Gasteiger partial charge is 0.438 e. The summed E-state index contributed by atoms with van der Waals surface area (Å²) >= 11 is 0. The quantitative estimate of drug-likeness (QED) is 0.571. The first kappa shape index (κ1) is 14.0. The van der Waals surface area contributed by atoms with Crippen molar-refractivity contribution in [3.8, 4) is 23.4 Å². The van der Waals surface area contributed by atoms with E-state index in [1.165, 1.54) is 0 Å². The zero-order chi connectivity index (χ0) is 16.4. The Morgan fingerprint density at radius 3 is 2.62 bits per heavy atom. The molecule has 0 saturated carbocycles. The van der Waals surface area contributed by atoms with Crippen LogP contribution in [0.5, 0.6) is 11.6 Å². The average molecular weight is 312 g/mol.